The Morgan fingerprint density at radius 2 is 2.00 bits per heavy atom. The van der Waals surface area contributed by atoms with Crippen molar-refractivity contribution in [1.29, 1.82) is 0 Å². The molecule has 0 aliphatic rings. The number of benzene rings is 2. The van der Waals surface area contributed by atoms with Gasteiger partial charge in [-0.2, -0.15) is 4.98 Å². The lowest BCUT2D eigenvalue weighted by molar-refractivity contribution is 0.281. The Hall–Kier alpha value is -3.58. The number of aliphatic hydroxyl groups is 1. The Kier molecular flexibility index (Phi) is 7.33. The number of ether oxygens (including phenoxy) is 1. The SMILES string of the molecule is C=S(N)(=O)c1ccc(Nc2ncc(C#Cc3cccc(OC)c3)c(N[C@H](C)CO)n2)cc1. The summed E-state index contributed by atoms with van der Waals surface area (Å²) in [4.78, 5) is 9.30. The van der Waals surface area contributed by atoms with Crippen LogP contribution in [0.4, 0.5) is 17.5 Å². The van der Waals surface area contributed by atoms with Crippen molar-refractivity contribution in [2.45, 2.75) is 17.9 Å². The van der Waals surface area contributed by atoms with Gasteiger partial charge >= 0.3 is 0 Å². The molecule has 32 heavy (non-hydrogen) atoms. The van der Waals surface area contributed by atoms with Crippen LogP contribution in [0.1, 0.15) is 18.1 Å². The topological polar surface area (TPSA) is 122 Å². The molecule has 0 saturated heterocycles. The normalized spacial score (nSPS) is 13.2. The van der Waals surface area contributed by atoms with E-state index in [1.54, 1.807) is 37.6 Å². The van der Waals surface area contributed by atoms with Crippen LogP contribution in [-0.2, 0) is 9.71 Å². The van der Waals surface area contributed by atoms with E-state index in [0.717, 1.165) is 11.3 Å². The standard InChI is InChI=1S/C23H25N5O3S/c1-16(15-29)26-22-18(8-7-17-5-4-6-20(13-17)31-2)14-25-23(28-22)27-19-9-11-21(12-10-19)32(3,24)30/h4-6,9-14,16,29H,3,15H2,1-2H3,(H2,24,30)(H2,25,26,27,28)/t16-,32?/m1/s1. The van der Waals surface area contributed by atoms with E-state index in [4.69, 9.17) is 9.88 Å². The number of aliphatic hydroxyl groups excluding tert-OH is 1. The van der Waals surface area contributed by atoms with Crippen LogP contribution < -0.4 is 20.5 Å². The van der Waals surface area contributed by atoms with E-state index in [1.165, 1.54) is 0 Å². The summed E-state index contributed by atoms with van der Waals surface area (Å²) in [6, 6.07) is 13.9. The molecular weight excluding hydrogens is 426 g/mol. The summed E-state index contributed by atoms with van der Waals surface area (Å²) < 4.78 is 17.1. The molecule has 3 rings (SSSR count). The van der Waals surface area contributed by atoms with E-state index in [-0.39, 0.29) is 12.6 Å². The van der Waals surface area contributed by atoms with Crippen LogP contribution in [0.2, 0.25) is 0 Å². The van der Waals surface area contributed by atoms with Crippen LogP contribution in [-0.4, -0.2) is 44.9 Å². The number of anilines is 3. The van der Waals surface area contributed by atoms with Crippen molar-refractivity contribution in [2.24, 2.45) is 5.14 Å². The van der Waals surface area contributed by atoms with Crippen LogP contribution in [0.3, 0.4) is 0 Å². The van der Waals surface area contributed by atoms with Gasteiger partial charge in [0.25, 0.3) is 0 Å². The van der Waals surface area contributed by atoms with Gasteiger partial charge in [0.15, 0.2) is 0 Å². The molecule has 0 saturated carbocycles. The van der Waals surface area contributed by atoms with Gasteiger partial charge in [-0.1, -0.05) is 17.9 Å². The van der Waals surface area contributed by atoms with Crippen LogP contribution in [0.5, 0.6) is 5.75 Å². The quantitative estimate of drug-likeness (QED) is 0.321. The maximum atomic E-state index is 11.8. The number of nitrogens with two attached hydrogens (primary N) is 1. The molecule has 9 heteroatoms. The Morgan fingerprint density at radius 1 is 1.25 bits per heavy atom. The smallest absolute Gasteiger partial charge is 0.229 e. The minimum Gasteiger partial charge on any atom is -0.497 e. The maximum Gasteiger partial charge on any atom is 0.229 e. The Balaban J connectivity index is 1.88. The van der Waals surface area contributed by atoms with Crippen molar-refractivity contribution in [3.05, 3.63) is 65.9 Å². The first-order chi connectivity index (χ1) is 15.3. The number of hydrogen-bond donors (Lipinski definition) is 4. The summed E-state index contributed by atoms with van der Waals surface area (Å²) in [5.41, 5.74) is 2.05. The predicted molar refractivity (Wildman–Crippen MR) is 129 cm³/mol. The molecule has 0 amide bonds. The van der Waals surface area contributed by atoms with Crippen LogP contribution in [0.15, 0.2) is 59.6 Å². The maximum absolute atomic E-state index is 11.8. The Morgan fingerprint density at radius 3 is 2.66 bits per heavy atom. The third-order valence-electron chi connectivity index (χ3n) is 4.37. The molecule has 166 valence electrons. The summed E-state index contributed by atoms with van der Waals surface area (Å²) in [7, 11) is -1.17. The minimum atomic E-state index is -2.77. The highest BCUT2D eigenvalue weighted by atomic mass is 32.2. The number of rotatable bonds is 7. The molecule has 0 radical (unpaired) electrons. The predicted octanol–water partition coefficient (Wildman–Crippen LogP) is 2.37. The second-order valence-electron chi connectivity index (χ2n) is 7.04. The molecule has 0 aliphatic carbocycles. The van der Waals surface area contributed by atoms with Crippen molar-refractivity contribution in [1.82, 2.24) is 9.97 Å². The van der Waals surface area contributed by atoms with Gasteiger partial charge in [0.05, 0.1) is 35.2 Å². The van der Waals surface area contributed by atoms with Gasteiger partial charge in [-0.15, -0.1) is 0 Å². The van der Waals surface area contributed by atoms with Gasteiger partial charge in [-0.3, -0.25) is 5.14 Å². The molecule has 0 fully saturated rings. The Labute approximate surface area is 188 Å². The zero-order valence-corrected chi connectivity index (χ0v) is 18.6. The second-order valence-corrected chi connectivity index (χ2v) is 8.97. The fourth-order valence-electron chi connectivity index (χ4n) is 2.66. The van der Waals surface area contributed by atoms with Crippen LogP contribution >= 0.6 is 0 Å². The third kappa shape index (κ3) is 6.21. The van der Waals surface area contributed by atoms with Gasteiger partial charge in [0.2, 0.25) is 5.95 Å². The van der Waals surface area contributed by atoms with Gasteiger partial charge in [-0.05, 0) is 55.3 Å². The number of nitrogens with zero attached hydrogens (tertiary/aromatic N) is 2. The van der Waals surface area contributed by atoms with E-state index in [9.17, 15) is 9.32 Å². The zero-order valence-electron chi connectivity index (χ0n) is 17.8. The fraction of sp³-hybridized carbons (Fsp3) is 0.174. The monoisotopic (exact) mass is 451 g/mol. The summed E-state index contributed by atoms with van der Waals surface area (Å²) in [6.45, 7) is 1.76. The van der Waals surface area contributed by atoms with Crippen molar-refractivity contribution in [3.63, 3.8) is 0 Å². The first-order valence-corrected chi connectivity index (χ1v) is 11.5. The van der Waals surface area contributed by atoms with Crippen molar-refractivity contribution < 1.29 is 14.1 Å². The van der Waals surface area contributed by atoms with Crippen molar-refractivity contribution >= 4 is 33.0 Å². The molecule has 0 spiro atoms. The van der Waals surface area contributed by atoms with Crippen LogP contribution in [0, 0.1) is 11.8 Å². The van der Waals surface area contributed by atoms with Crippen LogP contribution in [0.25, 0.3) is 0 Å². The molecule has 2 atom stereocenters. The molecule has 0 aliphatic heterocycles. The first kappa shape index (κ1) is 23.1. The second kappa shape index (κ2) is 10.2. The van der Waals surface area contributed by atoms with Crippen molar-refractivity contribution in [3.8, 4) is 17.6 Å². The summed E-state index contributed by atoms with van der Waals surface area (Å²) >= 11 is 0. The summed E-state index contributed by atoms with van der Waals surface area (Å²) in [6.07, 6.45) is 1.60. The molecule has 3 aromatic rings. The summed E-state index contributed by atoms with van der Waals surface area (Å²) in [5, 5.41) is 21.2. The van der Waals surface area contributed by atoms with E-state index in [2.05, 4.69) is 38.3 Å². The van der Waals surface area contributed by atoms with Gasteiger partial charge in [0.1, 0.15) is 11.6 Å². The number of hydrogen-bond acceptors (Lipinski definition) is 7. The molecule has 8 nitrogen and oxygen atoms in total. The lowest BCUT2D eigenvalue weighted by Crippen LogP contribution is -2.21. The largest absolute Gasteiger partial charge is 0.497 e. The van der Waals surface area contributed by atoms with E-state index in [1.807, 2.05) is 31.2 Å². The number of nitrogens with one attached hydrogen (secondary N) is 2. The Bertz CT molecular complexity index is 1250. The number of aromatic nitrogens is 2. The van der Waals surface area contributed by atoms with E-state index >= 15 is 0 Å². The molecular formula is C23H25N5O3S. The lowest BCUT2D eigenvalue weighted by atomic mass is 10.2. The zero-order chi connectivity index (χ0) is 23.1. The highest BCUT2D eigenvalue weighted by Gasteiger charge is 2.10. The number of methoxy groups -OCH3 is 1. The fourth-order valence-corrected chi connectivity index (χ4v) is 3.26. The van der Waals surface area contributed by atoms with Gasteiger partial charge < -0.3 is 20.5 Å². The third-order valence-corrected chi connectivity index (χ3v) is 5.44. The minimum absolute atomic E-state index is 0.0690. The molecule has 1 unspecified atom stereocenters. The average Bonchev–Trinajstić information content (AvgIpc) is 2.78. The molecule has 1 heterocycles. The molecule has 1 aromatic heterocycles. The van der Waals surface area contributed by atoms with E-state index < -0.39 is 9.71 Å². The van der Waals surface area contributed by atoms with Crippen molar-refractivity contribution in [2.75, 3.05) is 24.4 Å². The molecule has 5 N–H and O–H groups in total. The highest BCUT2D eigenvalue weighted by Crippen LogP contribution is 2.20. The highest BCUT2D eigenvalue weighted by molar-refractivity contribution is 7.98. The summed E-state index contributed by atoms with van der Waals surface area (Å²) in [5.74, 6) is 11.2. The van der Waals surface area contributed by atoms with Gasteiger partial charge in [0, 0.05) is 22.2 Å². The van der Waals surface area contributed by atoms with Gasteiger partial charge in [-0.25, -0.2) is 9.19 Å². The average molecular weight is 452 g/mol. The molecule has 2 aromatic carbocycles. The first-order valence-electron chi connectivity index (χ1n) is 9.71. The lowest BCUT2D eigenvalue weighted by Gasteiger charge is -2.14. The van der Waals surface area contributed by atoms with E-state index in [0.29, 0.717) is 27.9 Å². The molecule has 0 bridgehead atoms.